The number of unbranched alkanes of at least 4 members (excludes halogenated alkanes) is 2. The van der Waals surface area contributed by atoms with E-state index in [1.54, 1.807) is 13.2 Å². The van der Waals surface area contributed by atoms with Gasteiger partial charge in [0.1, 0.15) is 5.75 Å². The van der Waals surface area contributed by atoms with Crippen LogP contribution in [0.25, 0.3) is 17.3 Å². The normalized spacial score (nSPS) is 10.9. The molecule has 1 aromatic heterocycles. The van der Waals surface area contributed by atoms with Crippen LogP contribution < -0.4 is 19.5 Å². The third-order valence-corrected chi connectivity index (χ3v) is 5.57. The van der Waals surface area contributed by atoms with Gasteiger partial charge in [-0.15, -0.1) is 11.3 Å². The number of anilines is 1. The van der Waals surface area contributed by atoms with Crippen LogP contribution in [0.2, 0.25) is 0 Å². The van der Waals surface area contributed by atoms with Gasteiger partial charge in [0, 0.05) is 17.0 Å². The van der Waals surface area contributed by atoms with Gasteiger partial charge in [-0.1, -0.05) is 25.8 Å². The minimum absolute atomic E-state index is 0.249. The molecule has 2 aromatic carbocycles. The van der Waals surface area contributed by atoms with E-state index in [4.69, 9.17) is 14.2 Å². The standard InChI is InChI=1S/C26H30N2O4S/c1-4-6-7-16-32-23-14-8-19(17-24(23)30-3)9-15-25(29)28-26-27-22(18-33-26)20-10-12-21(13-11-20)31-5-2/h8-15,17-18H,4-7,16H2,1-3H3,(H,27,28,29)/b15-9+. The molecule has 7 heteroatoms. The van der Waals surface area contributed by atoms with Crippen molar-refractivity contribution in [1.82, 2.24) is 4.98 Å². The number of carbonyl (C=O) groups excluding carboxylic acids is 1. The van der Waals surface area contributed by atoms with Gasteiger partial charge in [-0.05, 0) is 61.4 Å². The Labute approximate surface area is 199 Å². The molecule has 0 fully saturated rings. The average Bonchev–Trinajstić information content (AvgIpc) is 3.30. The fraction of sp³-hybridized carbons (Fsp3) is 0.308. The summed E-state index contributed by atoms with van der Waals surface area (Å²) in [6.07, 6.45) is 6.52. The lowest BCUT2D eigenvalue weighted by atomic mass is 10.2. The van der Waals surface area contributed by atoms with E-state index in [1.807, 2.05) is 54.8 Å². The van der Waals surface area contributed by atoms with Crippen LogP contribution in [0.5, 0.6) is 17.2 Å². The van der Waals surface area contributed by atoms with E-state index in [1.165, 1.54) is 17.4 Å². The van der Waals surface area contributed by atoms with Crippen LogP contribution in [0.4, 0.5) is 5.13 Å². The van der Waals surface area contributed by atoms with Crippen molar-refractivity contribution >= 4 is 28.5 Å². The molecule has 0 saturated heterocycles. The molecule has 6 nitrogen and oxygen atoms in total. The second-order valence-corrected chi connectivity index (χ2v) is 8.14. The monoisotopic (exact) mass is 466 g/mol. The summed E-state index contributed by atoms with van der Waals surface area (Å²) in [7, 11) is 1.61. The average molecular weight is 467 g/mol. The van der Waals surface area contributed by atoms with Gasteiger partial charge in [0.25, 0.3) is 0 Å². The number of aromatic nitrogens is 1. The lowest BCUT2D eigenvalue weighted by molar-refractivity contribution is -0.111. The Balaban J connectivity index is 1.57. The topological polar surface area (TPSA) is 69.7 Å². The maximum Gasteiger partial charge on any atom is 0.250 e. The van der Waals surface area contributed by atoms with Gasteiger partial charge in [-0.3, -0.25) is 10.1 Å². The minimum Gasteiger partial charge on any atom is -0.494 e. The fourth-order valence-electron chi connectivity index (χ4n) is 3.11. The summed E-state index contributed by atoms with van der Waals surface area (Å²) in [5, 5.41) is 5.27. The van der Waals surface area contributed by atoms with Crippen molar-refractivity contribution in [1.29, 1.82) is 0 Å². The highest BCUT2D eigenvalue weighted by Gasteiger charge is 2.08. The molecule has 1 N–H and O–H groups in total. The number of methoxy groups -OCH3 is 1. The van der Waals surface area contributed by atoms with Crippen LogP contribution in [0.3, 0.4) is 0 Å². The Hall–Kier alpha value is -3.32. The minimum atomic E-state index is -0.249. The first-order valence-electron chi connectivity index (χ1n) is 11.1. The SMILES string of the molecule is CCCCCOc1ccc(/C=C/C(=O)Nc2nc(-c3ccc(OCC)cc3)cs2)cc1OC. The quantitative estimate of drug-likeness (QED) is 0.246. The van der Waals surface area contributed by atoms with Crippen LogP contribution in [0.15, 0.2) is 53.9 Å². The summed E-state index contributed by atoms with van der Waals surface area (Å²) in [5.41, 5.74) is 2.62. The smallest absolute Gasteiger partial charge is 0.250 e. The Morgan fingerprint density at radius 2 is 1.88 bits per heavy atom. The Bertz CT molecular complexity index is 1060. The number of ether oxygens (including phenoxy) is 3. The van der Waals surface area contributed by atoms with Crippen molar-refractivity contribution in [3.63, 3.8) is 0 Å². The molecule has 0 unspecified atom stereocenters. The number of thiazole rings is 1. The summed E-state index contributed by atoms with van der Waals surface area (Å²) >= 11 is 1.38. The Morgan fingerprint density at radius 1 is 1.06 bits per heavy atom. The van der Waals surface area contributed by atoms with Crippen molar-refractivity contribution in [2.24, 2.45) is 0 Å². The highest BCUT2D eigenvalue weighted by Crippen LogP contribution is 2.29. The number of rotatable bonds is 12. The molecule has 1 heterocycles. The van der Waals surface area contributed by atoms with Gasteiger partial charge in [0.15, 0.2) is 16.6 Å². The fourth-order valence-corrected chi connectivity index (χ4v) is 3.84. The maximum atomic E-state index is 12.4. The molecule has 0 aliphatic carbocycles. The largest absolute Gasteiger partial charge is 0.494 e. The Kier molecular flexibility index (Phi) is 9.32. The third kappa shape index (κ3) is 7.36. The molecule has 33 heavy (non-hydrogen) atoms. The molecule has 0 radical (unpaired) electrons. The first kappa shape index (κ1) is 24.3. The van der Waals surface area contributed by atoms with Gasteiger partial charge < -0.3 is 14.2 Å². The van der Waals surface area contributed by atoms with Crippen molar-refractivity contribution in [2.75, 3.05) is 25.6 Å². The van der Waals surface area contributed by atoms with E-state index in [9.17, 15) is 4.79 Å². The third-order valence-electron chi connectivity index (χ3n) is 4.82. The number of nitrogens with one attached hydrogen (secondary N) is 1. The molecule has 1 amide bonds. The van der Waals surface area contributed by atoms with E-state index in [0.717, 1.165) is 41.8 Å². The molecule has 3 aromatic rings. The number of benzene rings is 2. The molecule has 0 aliphatic rings. The van der Waals surface area contributed by atoms with Gasteiger partial charge in [-0.25, -0.2) is 4.98 Å². The maximum absolute atomic E-state index is 12.4. The zero-order valence-electron chi connectivity index (χ0n) is 19.3. The molecule has 3 rings (SSSR count). The first-order valence-corrected chi connectivity index (χ1v) is 12.0. The highest BCUT2D eigenvalue weighted by molar-refractivity contribution is 7.14. The zero-order chi connectivity index (χ0) is 23.5. The van der Waals surface area contributed by atoms with E-state index in [0.29, 0.717) is 29.8 Å². The summed E-state index contributed by atoms with van der Waals surface area (Å²) in [4.78, 5) is 16.9. The van der Waals surface area contributed by atoms with E-state index < -0.39 is 0 Å². The predicted molar refractivity (Wildman–Crippen MR) is 134 cm³/mol. The van der Waals surface area contributed by atoms with Crippen LogP contribution in [-0.2, 0) is 4.79 Å². The Morgan fingerprint density at radius 3 is 2.61 bits per heavy atom. The lowest BCUT2D eigenvalue weighted by Gasteiger charge is -2.11. The van der Waals surface area contributed by atoms with Crippen LogP contribution in [0, 0.1) is 0 Å². The van der Waals surface area contributed by atoms with Gasteiger partial charge in [0.2, 0.25) is 5.91 Å². The number of amides is 1. The molecule has 0 bridgehead atoms. The molecule has 0 atom stereocenters. The highest BCUT2D eigenvalue weighted by atomic mass is 32.1. The number of carbonyl (C=O) groups is 1. The molecule has 0 spiro atoms. The molecular formula is C26H30N2O4S. The molecule has 174 valence electrons. The van der Waals surface area contributed by atoms with Crippen molar-refractivity contribution in [3.8, 4) is 28.5 Å². The molecular weight excluding hydrogens is 436 g/mol. The van der Waals surface area contributed by atoms with Crippen molar-refractivity contribution < 1.29 is 19.0 Å². The van der Waals surface area contributed by atoms with Crippen molar-refractivity contribution in [3.05, 3.63) is 59.5 Å². The van der Waals surface area contributed by atoms with Gasteiger partial charge in [-0.2, -0.15) is 0 Å². The summed E-state index contributed by atoms with van der Waals surface area (Å²) in [6, 6.07) is 13.4. The van der Waals surface area contributed by atoms with E-state index >= 15 is 0 Å². The van der Waals surface area contributed by atoms with Gasteiger partial charge >= 0.3 is 0 Å². The number of hydrogen-bond acceptors (Lipinski definition) is 6. The molecule has 0 aliphatic heterocycles. The van der Waals surface area contributed by atoms with Crippen LogP contribution in [-0.4, -0.2) is 31.2 Å². The van der Waals surface area contributed by atoms with E-state index in [-0.39, 0.29) is 5.91 Å². The number of nitrogens with zero attached hydrogens (tertiary/aromatic N) is 1. The first-order chi connectivity index (χ1) is 16.1. The molecule has 0 saturated carbocycles. The number of hydrogen-bond donors (Lipinski definition) is 1. The summed E-state index contributed by atoms with van der Waals surface area (Å²) < 4.78 is 16.7. The zero-order valence-corrected chi connectivity index (χ0v) is 20.1. The summed E-state index contributed by atoms with van der Waals surface area (Å²) in [5.74, 6) is 1.93. The van der Waals surface area contributed by atoms with E-state index in [2.05, 4.69) is 17.2 Å². The predicted octanol–water partition coefficient (Wildman–Crippen LogP) is 6.44. The summed E-state index contributed by atoms with van der Waals surface area (Å²) in [6.45, 7) is 5.40. The second-order valence-electron chi connectivity index (χ2n) is 7.28. The van der Waals surface area contributed by atoms with Crippen molar-refractivity contribution in [2.45, 2.75) is 33.1 Å². The second kappa shape index (κ2) is 12.6. The van der Waals surface area contributed by atoms with Gasteiger partial charge in [0.05, 0.1) is 26.0 Å². The lowest BCUT2D eigenvalue weighted by Crippen LogP contribution is -2.07. The van der Waals surface area contributed by atoms with Crippen LogP contribution >= 0.6 is 11.3 Å². The van der Waals surface area contributed by atoms with Crippen LogP contribution in [0.1, 0.15) is 38.7 Å².